The molecule has 0 radical (unpaired) electrons. The highest BCUT2D eigenvalue weighted by atomic mass is 32.1. The Morgan fingerprint density at radius 1 is 1.24 bits per heavy atom. The highest BCUT2D eigenvalue weighted by Crippen LogP contribution is 2.41. The Balaban J connectivity index is 1.60. The summed E-state index contributed by atoms with van der Waals surface area (Å²) in [5, 5.41) is 16.1. The number of phenols is 1. The van der Waals surface area contributed by atoms with Gasteiger partial charge in [-0.3, -0.25) is 0 Å². The molecule has 1 aromatic carbocycles. The number of carbonyl (C=O) groups is 1. The van der Waals surface area contributed by atoms with Gasteiger partial charge in [-0.1, -0.05) is 31.2 Å². The molecule has 0 aliphatic carbocycles. The molecular weight excluding hydrogens is 586 g/mol. The predicted molar refractivity (Wildman–Crippen MR) is 179 cm³/mol. The van der Waals surface area contributed by atoms with Gasteiger partial charge in [-0.05, 0) is 77.3 Å². The van der Waals surface area contributed by atoms with Gasteiger partial charge < -0.3 is 19.5 Å². The molecule has 4 heterocycles. The molecule has 1 aliphatic rings. The van der Waals surface area contributed by atoms with E-state index >= 15 is 0 Å². The lowest BCUT2D eigenvalue weighted by atomic mass is 9.76. The van der Waals surface area contributed by atoms with Crippen LogP contribution in [0.2, 0.25) is 0 Å². The molecule has 1 atom stereocenters. The van der Waals surface area contributed by atoms with Crippen LogP contribution in [-0.2, 0) is 20.7 Å². The molecule has 0 spiro atoms. The molecule has 1 fully saturated rings. The van der Waals surface area contributed by atoms with Gasteiger partial charge in [-0.25, -0.2) is 14.8 Å². The molecule has 9 nitrogen and oxygen atoms in total. The number of ether oxygens (including phenoxy) is 2. The Labute approximate surface area is 269 Å². The number of aryl methyl sites for hydroxylation is 1. The number of fused-ring (bicyclic) bond motifs is 1. The van der Waals surface area contributed by atoms with E-state index in [9.17, 15) is 9.90 Å². The van der Waals surface area contributed by atoms with Crippen molar-refractivity contribution in [3.8, 4) is 16.5 Å². The minimum Gasteiger partial charge on any atom is -0.508 e. The van der Waals surface area contributed by atoms with Crippen LogP contribution < -0.4 is 4.90 Å². The maximum atomic E-state index is 13.5. The summed E-state index contributed by atoms with van der Waals surface area (Å²) in [6.07, 6.45) is 7.54. The van der Waals surface area contributed by atoms with Crippen LogP contribution in [-0.4, -0.2) is 56.0 Å². The Bertz CT molecular complexity index is 1660. The first-order chi connectivity index (χ1) is 21.4. The molecule has 240 valence electrons. The first kappa shape index (κ1) is 32.6. The molecule has 45 heavy (non-hydrogen) atoms. The number of para-hydroxylation sites is 1. The van der Waals surface area contributed by atoms with E-state index in [4.69, 9.17) is 24.5 Å². The second-order valence-electron chi connectivity index (χ2n) is 13.2. The van der Waals surface area contributed by atoms with Crippen molar-refractivity contribution in [2.24, 2.45) is 5.41 Å². The third kappa shape index (κ3) is 7.39. The lowest BCUT2D eigenvalue weighted by molar-refractivity contribution is -0.166. The molecular formula is C35H45N5O4S. The standard InChI is InChI=1S/C35H45N5O4S/c1-8-10-15-35(7)16-18-39(19-17-35)32-29(30(33(42)43-9-2)44-34(4,5)6)23(3)37-28-21-26(38-40(28)32)31-36-22-25(45-31)20-24-13-11-12-14-27(24)41/h8,11-14,21-22,30,41H,1,9-10,15-20H2,2-7H3. The number of phenolic OH excluding ortho intramolecular Hbond substituents is 1. The number of aromatic nitrogens is 4. The van der Waals surface area contributed by atoms with E-state index in [1.54, 1.807) is 24.3 Å². The molecule has 5 rings (SSSR count). The lowest BCUT2D eigenvalue weighted by Gasteiger charge is -2.41. The molecule has 0 saturated carbocycles. The zero-order chi connectivity index (χ0) is 32.4. The summed E-state index contributed by atoms with van der Waals surface area (Å²) in [7, 11) is 0. The van der Waals surface area contributed by atoms with Gasteiger partial charge in [0.25, 0.3) is 0 Å². The average molecular weight is 632 g/mol. The van der Waals surface area contributed by atoms with Crippen molar-refractivity contribution in [3.63, 3.8) is 0 Å². The van der Waals surface area contributed by atoms with E-state index in [1.807, 2.05) is 68.7 Å². The van der Waals surface area contributed by atoms with E-state index in [0.717, 1.165) is 60.0 Å². The molecule has 4 aromatic rings. The first-order valence-electron chi connectivity index (χ1n) is 15.7. The minimum absolute atomic E-state index is 0.217. The quantitative estimate of drug-likeness (QED) is 0.135. The maximum absolute atomic E-state index is 13.5. The van der Waals surface area contributed by atoms with E-state index in [2.05, 4.69) is 18.4 Å². The van der Waals surface area contributed by atoms with Crippen LogP contribution in [0.5, 0.6) is 5.75 Å². The van der Waals surface area contributed by atoms with Gasteiger partial charge in [-0.15, -0.1) is 17.9 Å². The summed E-state index contributed by atoms with van der Waals surface area (Å²) in [4.78, 5) is 26.5. The summed E-state index contributed by atoms with van der Waals surface area (Å²) < 4.78 is 13.8. The summed E-state index contributed by atoms with van der Waals surface area (Å²) in [5.74, 6) is 0.641. The monoisotopic (exact) mass is 631 g/mol. The fourth-order valence-electron chi connectivity index (χ4n) is 5.94. The highest BCUT2D eigenvalue weighted by molar-refractivity contribution is 7.15. The fraction of sp³-hybridized carbons (Fsp3) is 0.486. The molecule has 3 aromatic heterocycles. The summed E-state index contributed by atoms with van der Waals surface area (Å²) >= 11 is 1.54. The zero-order valence-corrected chi connectivity index (χ0v) is 28.1. The van der Waals surface area contributed by atoms with Crippen molar-refractivity contribution in [2.45, 2.75) is 85.4 Å². The number of thiazole rings is 1. The van der Waals surface area contributed by atoms with Crippen molar-refractivity contribution < 1.29 is 19.4 Å². The Morgan fingerprint density at radius 3 is 2.64 bits per heavy atom. The summed E-state index contributed by atoms with van der Waals surface area (Å²) in [5.41, 5.74) is 3.21. The number of carbonyl (C=O) groups excluding carboxylic acids is 1. The molecule has 10 heteroatoms. The highest BCUT2D eigenvalue weighted by Gasteiger charge is 2.38. The number of piperidine rings is 1. The number of benzene rings is 1. The molecule has 0 amide bonds. The third-order valence-electron chi connectivity index (χ3n) is 8.39. The number of hydrogen-bond donors (Lipinski definition) is 1. The van der Waals surface area contributed by atoms with Crippen LogP contribution in [0.3, 0.4) is 0 Å². The average Bonchev–Trinajstić information content (AvgIpc) is 3.63. The molecule has 1 unspecified atom stereocenters. The maximum Gasteiger partial charge on any atom is 0.340 e. The van der Waals surface area contributed by atoms with Crippen LogP contribution in [0, 0.1) is 12.3 Å². The van der Waals surface area contributed by atoms with Gasteiger partial charge in [0.05, 0.1) is 17.8 Å². The summed E-state index contributed by atoms with van der Waals surface area (Å²) in [6.45, 7) is 17.7. The van der Waals surface area contributed by atoms with Crippen LogP contribution in [0.1, 0.15) is 88.1 Å². The van der Waals surface area contributed by atoms with E-state index in [1.165, 1.54) is 0 Å². The van der Waals surface area contributed by atoms with Crippen LogP contribution in [0.15, 0.2) is 49.2 Å². The van der Waals surface area contributed by atoms with Crippen molar-refractivity contribution in [1.29, 1.82) is 0 Å². The molecule has 1 N–H and O–H groups in total. The molecule has 1 saturated heterocycles. The first-order valence-corrected chi connectivity index (χ1v) is 16.6. The Hall–Kier alpha value is -3.76. The van der Waals surface area contributed by atoms with E-state index in [0.29, 0.717) is 29.0 Å². The van der Waals surface area contributed by atoms with Gasteiger partial charge in [0.15, 0.2) is 11.8 Å². The van der Waals surface area contributed by atoms with Gasteiger partial charge in [0.2, 0.25) is 0 Å². The van der Waals surface area contributed by atoms with Crippen LogP contribution in [0.25, 0.3) is 16.3 Å². The van der Waals surface area contributed by atoms with Crippen molar-refractivity contribution in [1.82, 2.24) is 19.6 Å². The lowest BCUT2D eigenvalue weighted by Crippen LogP contribution is -2.41. The number of aromatic hydroxyl groups is 1. The van der Waals surface area contributed by atoms with Gasteiger partial charge in [0.1, 0.15) is 22.3 Å². The number of hydrogen-bond acceptors (Lipinski definition) is 9. The smallest absolute Gasteiger partial charge is 0.340 e. The second-order valence-corrected chi connectivity index (χ2v) is 14.3. The largest absolute Gasteiger partial charge is 0.508 e. The van der Waals surface area contributed by atoms with Crippen molar-refractivity contribution in [3.05, 3.63) is 70.9 Å². The van der Waals surface area contributed by atoms with Crippen molar-refractivity contribution >= 4 is 28.8 Å². The van der Waals surface area contributed by atoms with Crippen molar-refractivity contribution in [2.75, 3.05) is 24.6 Å². The SMILES string of the molecule is C=CCCC1(C)CCN(c2c(C(OC(C)(C)C)C(=O)OCC)c(C)nc3cc(-c4ncc(Cc5ccccc5O)s4)nn23)CC1. The van der Waals surface area contributed by atoms with Gasteiger partial charge >= 0.3 is 5.97 Å². The third-order valence-corrected chi connectivity index (χ3v) is 9.41. The van der Waals surface area contributed by atoms with Gasteiger partial charge in [-0.2, -0.15) is 9.61 Å². The van der Waals surface area contributed by atoms with E-state index < -0.39 is 17.7 Å². The topological polar surface area (TPSA) is 102 Å². The Kier molecular flexibility index (Phi) is 9.65. The predicted octanol–water partition coefficient (Wildman–Crippen LogP) is 7.45. The number of esters is 1. The molecule has 0 bridgehead atoms. The number of nitrogens with zero attached hydrogens (tertiary/aromatic N) is 5. The Morgan fingerprint density at radius 2 is 1.98 bits per heavy atom. The minimum atomic E-state index is -0.969. The normalized spacial score (nSPS) is 15.7. The zero-order valence-electron chi connectivity index (χ0n) is 27.3. The van der Waals surface area contributed by atoms with E-state index in [-0.39, 0.29) is 17.8 Å². The van der Waals surface area contributed by atoms with Crippen LogP contribution >= 0.6 is 11.3 Å². The number of allylic oxidation sites excluding steroid dienone is 1. The molecule has 1 aliphatic heterocycles. The summed E-state index contributed by atoms with van der Waals surface area (Å²) in [6, 6.07) is 9.30. The van der Waals surface area contributed by atoms with Gasteiger partial charge in [0, 0.05) is 42.3 Å². The van der Waals surface area contributed by atoms with Crippen LogP contribution in [0.4, 0.5) is 5.82 Å². The number of anilines is 1. The fourth-order valence-corrected chi connectivity index (χ4v) is 6.83. The number of rotatable bonds is 11. The second kappa shape index (κ2) is 13.3.